The zero-order chi connectivity index (χ0) is 31.2. The Morgan fingerprint density at radius 2 is 1.51 bits per heavy atom. The number of aliphatic hydroxyl groups is 5. The van der Waals surface area contributed by atoms with Crippen LogP contribution in [0.1, 0.15) is 13.8 Å². The Labute approximate surface area is 242 Å². The molecule has 2 aliphatic heterocycles. The van der Waals surface area contributed by atoms with Crippen molar-refractivity contribution in [1.29, 1.82) is 0 Å². The predicted molar refractivity (Wildman–Crippen MR) is 142 cm³/mol. The van der Waals surface area contributed by atoms with Crippen LogP contribution in [0.25, 0.3) is 22.3 Å². The minimum Gasteiger partial charge on any atom is -0.508 e. The zero-order valence-corrected chi connectivity index (χ0v) is 22.8. The molecular formula is C28H30O15. The second-order valence-corrected chi connectivity index (χ2v) is 10.2. The molecule has 0 bridgehead atoms. The molecule has 3 aromatic rings. The number of esters is 1. The molecule has 9 atom stereocenters. The fraction of sp³-hybridized carbons (Fsp3) is 0.429. The fourth-order valence-corrected chi connectivity index (χ4v) is 4.75. The molecule has 1 aromatic heterocycles. The number of phenols is 2. The van der Waals surface area contributed by atoms with Gasteiger partial charge in [-0.3, -0.25) is 9.59 Å². The molecule has 5 rings (SSSR count). The average molecular weight is 607 g/mol. The first-order valence-corrected chi connectivity index (χ1v) is 13.2. The molecule has 2 aliphatic rings. The summed E-state index contributed by atoms with van der Waals surface area (Å²) in [4.78, 5) is 24.9. The molecule has 2 aromatic carbocycles. The molecule has 15 nitrogen and oxygen atoms in total. The van der Waals surface area contributed by atoms with Crippen molar-refractivity contribution in [1.82, 2.24) is 0 Å². The minimum atomic E-state index is -1.68. The Bertz CT molecular complexity index is 1540. The number of hydrogen-bond acceptors (Lipinski definition) is 15. The number of aromatic hydroxyl groups is 2. The van der Waals surface area contributed by atoms with Gasteiger partial charge in [0.05, 0.1) is 6.10 Å². The molecule has 2 fully saturated rings. The third kappa shape index (κ3) is 5.96. The average Bonchev–Trinajstić information content (AvgIpc) is 3.23. The number of fused-ring (bicyclic) bond motifs is 1. The first-order valence-electron chi connectivity index (χ1n) is 13.2. The van der Waals surface area contributed by atoms with Gasteiger partial charge in [-0.25, -0.2) is 0 Å². The molecule has 0 amide bonds. The molecule has 0 spiro atoms. The smallest absolute Gasteiger partial charge is 0.302 e. The van der Waals surface area contributed by atoms with Gasteiger partial charge >= 0.3 is 5.97 Å². The van der Waals surface area contributed by atoms with Gasteiger partial charge in [-0.15, -0.1) is 0 Å². The van der Waals surface area contributed by atoms with Gasteiger partial charge in [0, 0.05) is 24.6 Å². The number of benzene rings is 2. The van der Waals surface area contributed by atoms with E-state index in [1.54, 1.807) is 0 Å². The van der Waals surface area contributed by atoms with Crippen LogP contribution in [-0.4, -0.2) is 104 Å². The highest BCUT2D eigenvalue weighted by Gasteiger charge is 2.46. The Morgan fingerprint density at radius 1 is 0.860 bits per heavy atom. The molecule has 15 heteroatoms. The molecular weight excluding hydrogens is 576 g/mol. The van der Waals surface area contributed by atoms with Crippen molar-refractivity contribution in [3.05, 3.63) is 46.6 Å². The number of phenolic OH excluding ortho intramolecular Hbond substituents is 2. The van der Waals surface area contributed by atoms with Gasteiger partial charge in [-0.1, -0.05) is 0 Å². The number of carbonyl (C=O) groups excluding carboxylic acids is 1. The maximum atomic E-state index is 13.7. The number of rotatable bonds is 7. The lowest BCUT2D eigenvalue weighted by molar-refractivity contribution is -0.268. The van der Waals surface area contributed by atoms with Crippen LogP contribution >= 0.6 is 0 Å². The molecule has 43 heavy (non-hydrogen) atoms. The summed E-state index contributed by atoms with van der Waals surface area (Å²) in [7, 11) is 0. The van der Waals surface area contributed by atoms with E-state index in [9.17, 15) is 45.3 Å². The van der Waals surface area contributed by atoms with Crippen LogP contribution in [0.5, 0.6) is 23.0 Å². The second-order valence-electron chi connectivity index (χ2n) is 10.2. The van der Waals surface area contributed by atoms with Gasteiger partial charge in [0.2, 0.25) is 23.8 Å². The topological polar surface area (TPSA) is 235 Å². The van der Waals surface area contributed by atoms with E-state index in [1.807, 2.05) is 0 Å². The van der Waals surface area contributed by atoms with E-state index in [-0.39, 0.29) is 33.8 Å². The summed E-state index contributed by atoms with van der Waals surface area (Å²) < 4.78 is 33.1. The maximum Gasteiger partial charge on any atom is 0.302 e. The van der Waals surface area contributed by atoms with Crippen LogP contribution in [0, 0.1) is 0 Å². The summed E-state index contributed by atoms with van der Waals surface area (Å²) in [6.07, 6.45) is -13.0. The SMILES string of the molecule is CC(=O)OC[C@@H]1O[C@@H](Oc2c(-c3ccc(O)cc3)oc3cc(O[C@@H]4O[C@@H](C)[C@H](O)[C@@H](O)[C@H]4O)cc(O)c3c2=O)[C@H](O)[C@H]1O. The number of aliphatic hydroxyl groups excluding tert-OH is 5. The van der Waals surface area contributed by atoms with Crippen molar-refractivity contribution < 1.29 is 68.6 Å². The van der Waals surface area contributed by atoms with Crippen molar-refractivity contribution in [2.45, 2.75) is 69.2 Å². The standard InChI is InChI=1S/C28H30O15/c1-10-19(32)22(35)24(37)27(39-10)40-14-7-15(31)18-16(8-14)41-25(12-3-5-13(30)6-4-12)26(21(18)34)43-28-23(36)20(33)17(42-28)9-38-11(2)29/h3-8,10,17,19-20,22-24,27-28,30-33,35-37H,9H2,1-2H3/t10-,17-,19-,20-,22+,23+,24+,27-,28-/m0/s1. The van der Waals surface area contributed by atoms with E-state index in [0.29, 0.717) is 0 Å². The number of carbonyl (C=O) groups is 1. The largest absolute Gasteiger partial charge is 0.508 e. The van der Waals surface area contributed by atoms with Crippen molar-refractivity contribution in [2.75, 3.05) is 6.61 Å². The zero-order valence-electron chi connectivity index (χ0n) is 22.8. The van der Waals surface area contributed by atoms with E-state index >= 15 is 0 Å². The lowest BCUT2D eigenvalue weighted by Crippen LogP contribution is -2.58. The number of hydrogen-bond donors (Lipinski definition) is 7. The van der Waals surface area contributed by atoms with Crippen LogP contribution in [0.4, 0.5) is 0 Å². The van der Waals surface area contributed by atoms with Gasteiger partial charge in [0.25, 0.3) is 0 Å². The Balaban J connectivity index is 1.54. The maximum absolute atomic E-state index is 13.7. The monoisotopic (exact) mass is 606 g/mol. The molecule has 232 valence electrons. The Kier molecular flexibility index (Phi) is 8.49. The lowest BCUT2D eigenvalue weighted by atomic mass is 10.00. The summed E-state index contributed by atoms with van der Waals surface area (Å²) >= 11 is 0. The molecule has 2 saturated heterocycles. The van der Waals surface area contributed by atoms with E-state index < -0.39 is 84.8 Å². The third-order valence-electron chi connectivity index (χ3n) is 7.10. The van der Waals surface area contributed by atoms with Gasteiger partial charge in [-0.2, -0.15) is 0 Å². The fourth-order valence-electron chi connectivity index (χ4n) is 4.75. The Hall–Kier alpha value is -3.96. The highest BCUT2D eigenvalue weighted by molar-refractivity contribution is 5.88. The summed E-state index contributed by atoms with van der Waals surface area (Å²) in [5.74, 6) is -2.26. The molecule has 0 unspecified atom stereocenters. The second kappa shape index (κ2) is 12.0. The van der Waals surface area contributed by atoms with E-state index in [4.69, 9.17) is 28.1 Å². The predicted octanol–water partition coefficient (Wildman–Crippen LogP) is -0.534. The van der Waals surface area contributed by atoms with E-state index in [1.165, 1.54) is 37.3 Å². The van der Waals surface area contributed by atoms with Crippen molar-refractivity contribution in [3.8, 4) is 34.3 Å². The third-order valence-corrected chi connectivity index (χ3v) is 7.10. The van der Waals surface area contributed by atoms with Crippen LogP contribution in [0.3, 0.4) is 0 Å². The Morgan fingerprint density at radius 3 is 2.19 bits per heavy atom. The normalized spacial score (nSPS) is 30.7. The van der Waals surface area contributed by atoms with Crippen molar-refractivity contribution in [3.63, 3.8) is 0 Å². The molecule has 0 radical (unpaired) electrons. The highest BCUT2D eigenvalue weighted by Crippen LogP contribution is 2.38. The molecule has 3 heterocycles. The summed E-state index contributed by atoms with van der Waals surface area (Å²) in [5, 5.41) is 71.5. The van der Waals surface area contributed by atoms with Gasteiger partial charge in [0.1, 0.15) is 71.4 Å². The minimum absolute atomic E-state index is 0.0961. The van der Waals surface area contributed by atoms with Crippen LogP contribution in [0.2, 0.25) is 0 Å². The molecule has 7 N–H and O–H groups in total. The number of ether oxygens (including phenoxy) is 5. The van der Waals surface area contributed by atoms with Crippen LogP contribution in [-0.2, 0) is 19.0 Å². The van der Waals surface area contributed by atoms with Crippen molar-refractivity contribution in [2.24, 2.45) is 0 Å². The quantitative estimate of drug-likeness (QED) is 0.167. The first-order chi connectivity index (χ1) is 20.3. The van der Waals surface area contributed by atoms with Gasteiger partial charge in [0.15, 0.2) is 5.76 Å². The highest BCUT2D eigenvalue weighted by atomic mass is 16.7. The summed E-state index contributed by atoms with van der Waals surface area (Å²) in [6.45, 7) is 2.21. The van der Waals surface area contributed by atoms with E-state index in [0.717, 1.165) is 13.0 Å². The van der Waals surface area contributed by atoms with Crippen molar-refractivity contribution >= 4 is 16.9 Å². The van der Waals surface area contributed by atoms with E-state index in [2.05, 4.69) is 0 Å². The van der Waals surface area contributed by atoms with Gasteiger partial charge in [-0.05, 0) is 31.2 Å². The lowest BCUT2D eigenvalue weighted by Gasteiger charge is -2.38. The van der Waals surface area contributed by atoms with Crippen LogP contribution < -0.4 is 14.9 Å². The van der Waals surface area contributed by atoms with Gasteiger partial charge < -0.3 is 63.8 Å². The first kappa shape index (κ1) is 30.5. The summed E-state index contributed by atoms with van der Waals surface area (Å²) in [5.41, 5.74) is -0.905. The molecule has 0 saturated carbocycles. The summed E-state index contributed by atoms with van der Waals surface area (Å²) in [6, 6.07) is 7.66. The molecule has 0 aliphatic carbocycles. The van der Waals surface area contributed by atoms with Crippen LogP contribution in [0.15, 0.2) is 45.6 Å².